The van der Waals surface area contributed by atoms with Gasteiger partial charge in [0.1, 0.15) is 0 Å². The van der Waals surface area contributed by atoms with Crippen LogP contribution in [0.2, 0.25) is 5.02 Å². The van der Waals surface area contributed by atoms with Crippen LogP contribution in [-0.2, 0) is 4.79 Å². The maximum atomic E-state index is 11.8. The number of hydrogen-bond donors (Lipinski definition) is 0. The van der Waals surface area contributed by atoms with Gasteiger partial charge in [0.05, 0.1) is 0 Å². The highest BCUT2D eigenvalue weighted by molar-refractivity contribution is 6.32. The summed E-state index contributed by atoms with van der Waals surface area (Å²) in [7, 11) is 0. The van der Waals surface area contributed by atoms with Crippen LogP contribution in [0.4, 0.5) is 0 Å². The summed E-state index contributed by atoms with van der Waals surface area (Å²) in [6, 6.07) is 4.10. The van der Waals surface area contributed by atoms with E-state index in [-0.39, 0.29) is 11.7 Å². The molecule has 1 aromatic carbocycles. The topological polar surface area (TPSA) is 17.1 Å². The van der Waals surface area contributed by atoms with Gasteiger partial charge >= 0.3 is 0 Å². The SMILES string of the molecule is CC(=O)/C(=C(\C)c1cc(C)c(Cl)c(C)c1)C(C)C. The van der Waals surface area contributed by atoms with Crippen LogP contribution < -0.4 is 0 Å². The summed E-state index contributed by atoms with van der Waals surface area (Å²) in [5.74, 6) is 0.381. The second-order valence-corrected chi connectivity index (χ2v) is 5.55. The Morgan fingerprint density at radius 3 is 1.89 bits per heavy atom. The van der Waals surface area contributed by atoms with Gasteiger partial charge in [0, 0.05) is 10.6 Å². The fourth-order valence-electron chi connectivity index (χ4n) is 2.42. The molecule has 0 bridgehead atoms. The molecule has 0 aliphatic carbocycles. The summed E-state index contributed by atoms with van der Waals surface area (Å²) >= 11 is 6.18. The molecule has 1 rings (SSSR count). The minimum absolute atomic E-state index is 0.146. The van der Waals surface area contributed by atoms with E-state index in [4.69, 9.17) is 11.6 Å². The van der Waals surface area contributed by atoms with Gasteiger partial charge in [0.15, 0.2) is 5.78 Å². The van der Waals surface area contributed by atoms with Crippen LogP contribution in [0.25, 0.3) is 5.57 Å². The van der Waals surface area contributed by atoms with Crippen molar-refractivity contribution in [1.82, 2.24) is 0 Å². The molecular weight excluding hydrogens is 244 g/mol. The standard InChI is InChI=1S/C16H21ClO/c1-9(2)15(13(6)18)12(5)14-7-10(3)16(17)11(4)8-14/h7-9H,1-6H3/b15-12+. The number of rotatable bonds is 3. The van der Waals surface area contributed by atoms with E-state index in [0.717, 1.165) is 32.9 Å². The molecule has 18 heavy (non-hydrogen) atoms. The molecule has 1 nitrogen and oxygen atoms in total. The van der Waals surface area contributed by atoms with E-state index >= 15 is 0 Å². The maximum absolute atomic E-state index is 11.8. The average molecular weight is 265 g/mol. The van der Waals surface area contributed by atoms with E-state index in [0.29, 0.717) is 0 Å². The number of ketones is 1. The molecule has 0 amide bonds. The summed E-state index contributed by atoms with van der Waals surface area (Å²) in [6.45, 7) is 11.7. The Kier molecular flexibility index (Phi) is 4.75. The molecule has 1 aromatic rings. The minimum atomic E-state index is 0.146. The number of aryl methyl sites for hydroxylation is 2. The van der Waals surface area contributed by atoms with Gasteiger partial charge < -0.3 is 0 Å². The fourth-order valence-corrected chi connectivity index (χ4v) is 2.53. The quantitative estimate of drug-likeness (QED) is 0.704. The lowest BCUT2D eigenvalue weighted by Gasteiger charge is -2.15. The Bertz CT molecular complexity index is 487. The van der Waals surface area contributed by atoms with E-state index in [1.165, 1.54) is 0 Å². The lowest BCUT2D eigenvalue weighted by molar-refractivity contribution is -0.113. The zero-order valence-corrected chi connectivity index (χ0v) is 12.8. The van der Waals surface area contributed by atoms with Crippen molar-refractivity contribution in [3.05, 3.63) is 39.4 Å². The van der Waals surface area contributed by atoms with Crippen LogP contribution in [-0.4, -0.2) is 5.78 Å². The van der Waals surface area contributed by atoms with Gasteiger partial charge in [-0.05, 0) is 55.9 Å². The molecule has 0 aliphatic heterocycles. The molecular formula is C16H21ClO. The average Bonchev–Trinajstić information content (AvgIpc) is 2.23. The Labute approximate surface area is 115 Å². The first kappa shape index (κ1) is 15.0. The Balaban J connectivity index is 3.45. The first-order valence-corrected chi connectivity index (χ1v) is 6.62. The van der Waals surface area contributed by atoms with E-state index in [1.54, 1.807) is 6.92 Å². The zero-order chi connectivity index (χ0) is 14.0. The lowest BCUT2D eigenvalue weighted by atomic mass is 9.90. The van der Waals surface area contributed by atoms with Gasteiger partial charge in [-0.25, -0.2) is 0 Å². The molecule has 0 N–H and O–H groups in total. The first-order chi connectivity index (χ1) is 8.25. The number of carbonyl (C=O) groups is 1. The smallest absolute Gasteiger partial charge is 0.156 e. The van der Waals surface area contributed by atoms with Gasteiger partial charge in [-0.1, -0.05) is 37.6 Å². The monoisotopic (exact) mass is 264 g/mol. The first-order valence-electron chi connectivity index (χ1n) is 6.24. The molecule has 0 atom stereocenters. The van der Waals surface area contributed by atoms with E-state index in [9.17, 15) is 4.79 Å². The number of benzene rings is 1. The van der Waals surface area contributed by atoms with Gasteiger partial charge in [-0.2, -0.15) is 0 Å². The summed E-state index contributed by atoms with van der Waals surface area (Å²) in [5.41, 5.74) is 5.15. The van der Waals surface area contributed by atoms with Gasteiger partial charge in [-0.3, -0.25) is 4.79 Å². The highest BCUT2D eigenvalue weighted by atomic mass is 35.5. The second-order valence-electron chi connectivity index (χ2n) is 5.17. The van der Waals surface area contributed by atoms with Crippen LogP contribution in [0.15, 0.2) is 17.7 Å². The van der Waals surface area contributed by atoms with Crippen molar-refractivity contribution in [3.8, 4) is 0 Å². The van der Waals surface area contributed by atoms with Crippen LogP contribution in [0, 0.1) is 19.8 Å². The van der Waals surface area contributed by atoms with Crippen LogP contribution in [0.5, 0.6) is 0 Å². The molecule has 0 unspecified atom stereocenters. The van der Waals surface area contributed by atoms with Crippen molar-refractivity contribution in [3.63, 3.8) is 0 Å². The molecule has 0 saturated heterocycles. The summed E-state index contributed by atoms with van der Waals surface area (Å²) in [5, 5.41) is 0.806. The van der Waals surface area contributed by atoms with Crippen molar-refractivity contribution >= 4 is 23.0 Å². The summed E-state index contributed by atoms with van der Waals surface area (Å²) < 4.78 is 0. The molecule has 0 heterocycles. The van der Waals surface area contributed by atoms with E-state index in [1.807, 2.05) is 20.8 Å². The fraction of sp³-hybridized carbons (Fsp3) is 0.438. The number of halogens is 1. The van der Waals surface area contributed by atoms with Crippen LogP contribution >= 0.6 is 11.6 Å². The molecule has 0 fully saturated rings. The largest absolute Gasteiger partial charge is 0.295 e. The van der Waals surface area contributed by atoms with E-state index in [2.05, 4.69) is 26.0 Å². The highest BCUT2D eigenvalue weighted by Crippen LogP contribution is 2.29. The van der Waals surface area contributed by atoms with Gasteiger partial charge in [0.2, 0.25) is 0 Å². The summed E-state index contributed by atoms with van der Waals surface area (Å²) in [6.07, 6.45) is 0. The predicted octanol–water partition coefficient (Wildman–Crippen LogP) is 4.98. The van der Waals surface area contributed by atoms with E-state index < -0.39 is 0 Å². The van der Waals surface area contributed by atoms with Crippen molar-refractivity contribution in [2.24, 2.45) is 5.92 Å². The number of allylic oxidation sites excluding steroid dienone is 2. The predicted molar refractivity (Wildman–Crippen MR) is 79.0 cm³/mol. The Hall–Kier alpha value is -1.08. The number of Topliss-reactive ketones (excluding diaryl/α,β-unsaturated/α-hetero) is 1. The van der Waals surface area contributed by atoms with Crippen LogP contribution in [0.3, 0.4) is 0 Å². The van der Waals surface area contributed by atoms with Gasteiger partial charge in [-0.15, -0.1) is 0 Å². The second kappa shape index (κ2) is 5.71. The van der Waals surface area contributed by atoms with Crippen LogP contribution in [0.1, 0.15) is 44.4 Å². The molecule has 98 valence electrons. The number of hydrogen-bond acceptors (Lipinski definition) is 1. The molecule has 0 spiro atoms. The number of carbonyl (C=O) groups excluding carboxylic acids is 1. The molecule has 0 aromatic heterocycles. The minimum Gasteiger partial charge on any atom is -0.295 e. The van der Waals surface area contributed by atoms with Crippen molar-refractivity contribution in [2.75, 3.05) is 0 Å². The van der Waals surface area contributed by atoms with Crippen molar-refractivity contribution in [2.45, 2.75) is 41.5 Å². The van der Waals surface area contributed by atoms with Crippen molar-refractivity contribution < 1.29 is 4.79 Å². The molecule has 0 aliphatic rings. The Morgan fingerprint density at radius 2 is 1.56 bits per heavy atom. The molecule has 2 heteroatoms. The highest BCUT2D eigenvalue weighted by Gasteiger charge is 2.14. The Morgan fingerprint density at radius 1 is 1.11 bits per heavy atom. The zero-order valence-electron chi connectivity index (χ0n) is 12.0. The van der Waals surface area contributed by atoms with Gasteiger partial charge in [0.25, 0.3) is 0 Å². The third kappa shape index (κ3) is 3.02. The lowest BCUT2D eigenvalue weighted by Crippen LogP contribution is -2.07. The third-order valence-corrected chi connectivity index (χ3v) is 3.83. The summed E-state index contributed by atoms with van der Waals surface area (Å²) in [4.78, 5) is 11.8. The third-order valence-electron chi connectivity index (χ3n) is 3.23. The van der Waals surface area contributed by atoms with Crippen molar-refractivity contribution in [1.29, 1.82) is 0 Å². The normalized spacial score (nSPS) is 12.7. The maximum Gasteiger partial charge on any atom is 0.156 e. The molecule has 0 radical (unpaired) electrons. The molecule has 0 saturated carbocycles.